The second-order valence-electron chi connectivity index (χ2n) is 6.85. The van der Waals surface area contributed by atoms with Crippen LogP contribution in [0.3, 0.4) is 0 Å². The van der Waals surface area contributed by atoms with Crippen LogP contribution in [0.15, 0.2) is 23.2 Å². The number of nitrogens with zero attached hydrogens (tertiary/aromatic N) is 2. The summed E-state index contributed by atoms with van der Waals surface area (Å²) in [4.78, 5) is 21.3. The van der Waals surface area contributed by atoms with Gasteiger partial charge in [-0.2, -0.15) is 0 Å². The van der Waals surface area contributed by atoms with Crippen molar-refractivity contribution in [1.82, 2.24) is 4.98 Å². The minimum atomic E-state index is -0.0274. The Bertz CT molecular complexity index is 828. The van der Waals surface area contributed by atoms with Crippen LogP contribution in [0.4, 0.5) is 5.69 Å². The molecule has 0 N–H and O–H groups in total. The molecular weight excluding hydrogens is 320 g/mol. The summed E-state index contributed by atoms with van der Waals surface area (Å²) in [6.07, 6.45) is 9.55. The smallest absolute Gasteiger partial charge is 0.128 e. The number of aromatic nitrogens is 1. The minimum Gasteiger partial charge on any atom is -0.303 e. The Morgan fingerprint density at radius 3 is 2.83 bits per heavy atom. The predicted molar refractivity (Wildman–Crippen MR) is 98.5 cm³/mol. The number of aldehydes is 1. The van der Waals surface area contributed by atoms with Crippen LogP contribution in [0.2, 0.25) is 5.02 Å². The number of carbonyl (C=O) groups is 1. The number of carbonyl (C=O) groups excluding carboxylic acids is 1. The SMILES string of the molecule is O=CC1CCCCC1=Nc1c2c(nc3ccc(Cl)cc13)CCCC2. The van der Waals surface area contributed by atoms with Crippen LogP contribution >= 0.6 is 11.6 Å². The largest absolute Gasteiger partial charge is 0.303 e. The van der Waals surface area contributed by atoms with Crippen LogP contribution in [-0.4, -0.2) is 17.0 Å². The topological polar surface area (TPSA) is 42.3 Å². The average molecular weight is 341 g/mol. The maximum atomic E-state index is 11.5. The van der Waals surface area contributed by atoms with E-state index in [1.165, 1.54) is 24.1 Å². The zero-order chi connectivity index (χ0) is 16.5. The first-order valence-corrected chi connectivity index (χ1v) is 9.28. The Balaban J connectivity index is 1.94. The molecule has 2 aliphatic rings. The summed E-state index contributed by atoms with van der Waals surface area (Å²) < 4.78 is 0. The molecule has 1 heterocycles. The Kier molecular flexibility index (Phi) is 4.36. The monoisotopic (exact) mass is 340 g/mol. The summed E-state index contributed by atoms with van der Waals surface area (Å²) in [5, 5.41) is 1.72. The van der Waals surface area contributed by atoms with Gasteiger partial charge in [-0.1, -0.05) is 18.0 Å². The van der Waals surface area contributed by atoms with Crippen LogP contribution in [0.25, 0.3) is 10.9 Å². The molecule has 4 rings (SSSR count). The first-order valence-electron chi connectivity index (χ1n) is 8.90. The molecule has 124 valence electrons. The molecular formula is C20H21ClN2O. The maximum absolute atomic E-state index is 11.5. The van der Waals surface area contributed by atoms with E-state index in [-0.39, 0.29) is 5.92 Å². The maximum Gasteiger partial charge on any atom is 0.128 e. The fourth-order valence-corrected chi connectivity index (χ4v) is 4.12. The number of fused-ring (bicyclic) bond motifs is 2. The van der Waals surface area contributed by atoms with E-state index in [1.54, 1.807) is 0 Å². The van der Waals surface area contributed by atoms with Gasteiger partial charge in [0.2, 0.25) is 0 Å². The number of rotatable bonds is 2. The molecule has 1 unspecified atom stereocenters. The molecule has 0 amide bonds. The second kappa shape index (κ2) is 6.64. The Hall–Kier alpha value is -1.74. The highest BCUT2D eigenvalue weighted by molar-refractivity contribution is 6.31. The highest BCUT2D eigenvalue weighted by Gasteiger charge is 2.23. The van der Waals surface area contributed by atoms with E-state index in [9.17, 15) is 4.79 Å². The Labute approximate surface area is 147 Å². The highest BCUT2D eigenvalue weighted by atomic mass is 35.5. The van der Waals surface area contributed by atoms with Crippen molar-refractivity contribution in [2.24, 2.45) is 10.9 Å². The first kappa shape index (κ1) is 15.8. The third-order valence-electron chi connectivity index (χ3n) is 5.24. The van der Waals surface area contributed by atoms with Gasteiger partial charge in [-0.25, -0.2) is 0 Å². The standard InChI is InChI=1S/C20H21ClN2O/c21-14-9-10-19-16(11-14)20(15-6-2-4-8-18(15)22-19)23-17-7-3-1-5-13(17)12-24/h9-13H,1-8H2. The van der Waals surface area contributed by atoms with Gasteiger partial charge in [0.1, 0.15) is 6.29 Å². The number of pyridine rings is 1. The van der Waals surface area contributed by atoms with Crippen molar-refractivity contribution in [3.05, 3.63) is 34.5 Å². The summed E-state index contributed by atoms with van der Waals surface area (Å²) in [6, 6.07) is 5.84. The van der Waals surface area contributed by atoms with Gasteiger partial charge in [0, 0.05) is 21.8 Å². The first-order chi connectivity index (χ1) is 11.8. The molecule has 0 saturated heterocycles. The number of aryl methyl sites for hydroxylation is 1. The molecule has 0 aliphatic heterocycles. The van der Waals surface area contributed by atoms with E-state index in [4.69, 9.17) is 21.6 Å². The van der Waals surface area contributed by atoms with Gasteiger partial charge in [-0.15, -0.1) is 0 Å². The van der Waals surface area contributed by atoms with Gasteiger partial charge < -0.3 is 4.79 Å². The fourth-order valence-electron chi connectivity index (χ4n) is 3.95. The Morgan fingerprint density at radius 2 is 1.96 bits per heavy atom. The fraction of sp³-hybridized carbons (Fsp3) is 0.450. The lowest BCUT2D eigenvalue weighted by molar-refractivity contribution is -0.109. The Morgan fingerprint density at radius 1 is 1.12 bits per heavy atom. The van der Waals surface area contributed by atoms with E-state index >= 15 is 0 Å². The molecule has 4 heteroatoms. The van der Waals surface area contributed by atoms with Crippen molar-refractivity contribution >= 4 is 40.2 Å². The molecule has 2 aliphatic carbocycles. The van der Waals surface area contributed by atoms with E-state index in [0.29, 0.717) is 5.02 Å². The van der Waals surface area contributed by atoms with E-state index in [0.717, 1.165) is 67.1 Å². The predicted octanol–water partition coefficient (Wildman–Crippen LogP) is 5.23. The third kappa shape index (κ3) is 2.86. The summed E-state index contributed by atoms with van der Waals surface area (Å²) in [5.74, 6) is -0.0274. The van der Waals surface area contributed by atoms with Gasteiger partial charge in [0.15, 0.2) is 0 Å². The van der Waals surface area contributed by atoms with Crippen LogP contribution in [0, 0.1) is 5.92 Å². The zero-order valence-corrected chi connectivity index (χ0v) is 14.5. The van der Waals surface area contributed by atoms with Crippen molar-refractivity contribution in [2.75, 3.05) is 0 Å². The van der Waals surface area contributed by atoms with Crippen LogP contribution in [0.5, 0.6) is 0 Å². The highest BCUT2D eigenvalue weighted by Crippen LogP contribution is 2.37. The van der Waals surface area contributed by atoms with E-state index in [1.807, 2.05) is 18.2 Å². The average Bonchev–Trinajstić information content (AvgIpc) is 2.62. The van der Waals surface area contributed by atoms with E-state index < -0.39 is 0 Å². The van der Waals surface area contributed by atoms with Crippen LogP contribution < -0.4 is 0 Å². The summed E-state index contributed by atoms with van der Waals surface area (Å²) in [5.41, 5.74) is 5.45. The van der Waals surface area contributed by atoms with Gasteiger partial charge in [-0.3, -0.25) is 9.98 Å². The molecule has 0 bridgehead atoms. The minimum absolute atomic E-state index is 0.0274. The number of halogens is 1. The lowest BCUT2D eigenvalue weighted by atomic mass is 9.87. The zero-order valence-electron chi connectivity index (χ0n) is 13.7. The lowest BCUT2D eigenvalue weighted by Crippen LogP contribution is -2.20. The van der Waals surface area contributed by atoms with Crippen molar-refractivity contribution in [3.63, 3.8) is 0 Å². The van der Waals surface area contributed by atoms with Gasteiger partial charge in [0.25, 0.3) is 0 Å². The molecule has 1 atom stereocenters. The third-order valence-corrected chi connectivity index (χ3v) is 5.47. The number of hydrogen-bond donors (Lipinski definition) is 0. The molecule has 24 heavy (non-hydrogen) atoms. The van der Waals surface area contributed by atoms with Crippen molar-refractivity contribution < 1.29 is 4.79 Å². The number of aliphatic imine (C=N–C) groups is 1. The van der Waals surface area contributed by atoms with Gasteiger partial charge in [0.05, 0.1) is 17.1 Å². The summed E-state index contributed by atoms with van der Waals surface area (Å²) in [7, 11) is 0. The van der Waals surface area contributed by atoms with Crippen molar-refractivity contribution in [1.29, 1.82) is 0 Å². The molecule has 2 aromatic rings. The van der Waals surface area contributed by atoms with E-state index in [2.05, 4.69) is 0 Å². The number of hydrogen-bond acceptors (Lipinski definition) is 3. The number of benzene rings is 1. The summed E-state index contributed by atoms with van der Waals surface area (Å²) >= 11 is 6.24. The molecule has 1 fully saturated rings. The van der Waals surface area contributed by atoms with Crippen LogP contribution in [-0.2, 0) is 17.6 Å². The molecule has 1 aromatic carbocycles. The second-order valence-corrected chi connectivity index (χ2v) is 7.28. The molecule has 0 spiro atoms. The molecule has 0 radical (unpaired) electrons. The normalized spacial score (nSPS) is 22.5. The molecule has 3 nitrogen and oxygen atoms in total. The van der Waals surface area contributed by atoms with Crippen molar-refractivity contribution in [3.8, 4) is 0 Å². The molecule has 1 saturated carbocycles. The quantitative estimate of drug-likeness (QED) is 0.702. The lowest BCUT2D eigenvalue weighted by Gasteiger charge is -2.22. The summed E-state index contributed by atoms with van der Waals surface area (Å²) in [6.45, 7) is 0. The van der Waals surface area contributed by atoms with Crippen molar-refractivity contribution in [2.45, 2.75) is 51.4 Å². The molecule has 1 aromatic heterocycles. The van der Waals surface area contributed by atoms with Gasteiger partial charge >= 0.3 is 0 Å². The van der Waals surface area contributed by atoms with Gasteiger partial charge in [-0.05, 0) is 68.7 Å². The van der Waals surface area contributed by atoms with Crippen LogP contribution in [0.1, 0.15) is 49.8 Å².